The van der Waals surface area contributed by atoms with Crippen molar-refractivity contribution in [3.63, 3.8) is 0 Å². The molecule has 0 aliphatic rings. The van der Waals surface area contributed by atoms with Crippen LogP contribution in [0.3, 0.4) is 0 Å². The van der Waals surface area contributed by atoms with E-state index in [2.05, 4.69) is 36.3 Å². The van der Waals surface area contributed by atoms with Crippen molar-refractivity contribution < 1.29 is 0 Å². The second-order valence-corrected chi connectivity index (χ2v) is 5.17. The molecule has 0 aliphatic carbocycles. The molecule has 0 saturated heterocycles. The van der Waals surface area contributed by atoms with Crippen LogP contribution in [-0.4, -0.2) is 32.1 Å². The molecule has 1 heterocycles. The van der Waals surface area contributed by atoms with Gasteiger partial charge in [0.1, 0.15) is 0 Å². The van der Waals surface area contributed by atoms with E-state index in [0.717, 1.165) is 19.5 Å². The lowest BCUT2D eigenvalue weighted by atomic mass is 10.3. The lowest BCUT2D eigenvalue weighted by Gasteiger charge is -2.15. The minimum absolute atomic E-state index is 1.09. The highest BCUT2D eigenvalue weighted by molar-refractivity contribution is 7.11. The molecule has 1 rings (SSSR count). The Balaban J connectivity index is 2.27. The van der Waals surface area contributed by atoms with Crippen molar-refractivity contribution in [3.05, 3.63) is 21.9 Å². The van der Waals surface area contributed by atoms with Gasteiger partial charge in [-0.2, -0.15) is 0 Å². The summed E-state index contributed by atoms with van der Waals surface area (Å²) in [5.74, 6) is 0. The quantitative estimate of drug-likeness (QED) is 0.718. The summed E-state index contributed by atoms with van der Waals surface area (Å²) >= 11 is 1.94. The predicted molar refractivity (Wildman–Crippen MR) is 68.6 cm³/mol. The van der Waals surface area contributed by atoms with Crippen LogP contribution in [-0.2, 0) is 13.0 Å². The van der Waals surface area contributed by atoms with Crippen LogP contribution in [0.4, 0.5) is 0 Å². The predicted octanol–water partition coefficient (Wildman–Crippen LogP) is 2.35. The third-order valence-electron chi connectivity index (χ3n) is 2.46. The van der Waals surface area contributed by atoms with Crippen LogP contribution in [0.2, 0.25) is 0 Å². The zero-order valence-corrected chi connectivity index (χ0v) is 10.9. The van der Waals surface area contributed by atoms with E-state index in [9.17, 15) is 0 Å². The number of rotatable bonds is 7. The highest BCUT2D eigenvalue weighted by atomic mass is 32.1. The van der Waals surface area contributed by atoms with Crippen molar-refractivity contribution >= 4 is 11.3 Å². The average Bonchev–Trinajstić information content (AvgIpc) is 2.66. The largest absolute Gasteiger partial charge is 0.320 e. The number of hydrogen-bond donors (Lipinski definition) is 1. The van der Waals surface area contributed by atoms with Crippen molar-refractivity contribution in [1.29, 1.82) is 0 Å². The van der Waals surface area contributed by atoms with Crippen LogP contribution in [0.15, 0.2) is 12.1 Å². The summed E-state index contributed by atoms with van der Waals surface area (Å²) in [4.78, 5) is 5.37. The van der Waals surface area contributed by atoms with Gasteiger partial charge in [-0.3, -0.25) is 0 Å². The minimum Gasteiger partial charge on any atom is -0.320 e. The van der Waals surface area contributed by atoms with E-state index >= 15 is 0 Å². The van der Waals surface area contributed by atoms with Gasteiger partial charge in [0.05, 0.1) is 0 Å². The molecule has 0 amide bonds. The van der Waals surface area contributed by atoms with E-state index in [-0.39, 0.29) is 0 Å². The second-order valence-electron chi connectivity index (χ2n) is 3.92. The molecule has 1 aromatic heterocycles. The Morgan fingerprint density at radius 3 is 2.67 bits per heavy atom. The Labute approximate surface area is 97.3 Å². The molecule has 1 aromatic rings. The molecule has 1 N–H and O–H groups in total. The third-order valence-corrected chi connectivity index (χ3v) is 3.67. The molecular formula is C12H22N2S. The summed E-state index contributed by atoms with van der Waals surface area (Å²) in [7, 11) is 4.20. The molecule has 0 aromatic carbocycles. The lowest BCUT2D eigenvalue weighted by Crippen LogP contribution is -2.21. The summed E-state index contributed by atoms with van der Waals surface area (Å²) in [6.45, 7) is 5.58. The van der Waals surface area contributed by atoms with E-state index in [4.69, 9.17) is 0 Å². The van der Waals surface area contributed by atoms with Gasteiger partial charge < -0.3 is 10.2 Å². The topological polar surface area (TPSA) is 15.3 Å². The van der Waals surface area contributed by atoms with E-state index in [0.29, 0.717) is 0 Å². The molecule has 0 unspecified atom stereocenters. The van der Waals surface area contributed by atoms with Gasteiger partial charge in [-0.25, -0.2) is 0 Å². The van der Waals surface area contributed by atoms with Gasteiger partial charge >= 0.3 is 0 Å². The Bertz CT molecular complexity index is 270. The molecule has 0 spiro atoms. The summed E-state index contributed by atoms with van der Waals surface area (Å²) < 4.78 is 0. The van der Waals surface area contributed by atoms with Crippen LogP contribution in [0.5, 0.6) is 0 Å². The molecule has 2 nitrogen and oxygen atoms in total. The van der Waals surface area contributed by atoms with Gasteiger partial charge in [0.15, 0.2) is 0 Å². The van der Waals surface area contributed by atoms with E-state index < -0.39 is 0 Å². The first kappa shape index (κ1) is 12.7. The maximum Gasteiger partial charge on any atom is 0.0324 e. The monoisotopic (exact) mass is 226 g/mol. The van der Waals surface area contributed by atoms with Gasteiger partial charge in [0.2, 0.25) is 0 Å². The minimum atomic E-state index is 1.09. The van der Waals surface area contributed by atoms with Gasteiger partial charge in [-0.05, 0) is 52.2 Å². The zero-order chi connectivity index (χ0) is 11.1. The van der Waals surface area contributed by atoms with E-state index in [1.807, 2.05) is 18.4 Å². The Kier molecular flexibility index (Phi) is 5.91. The Morgan fingerprint density at radius 2 is 2.07 bits per heavy atom. The van der Waals surface area contributed by atoms with Crippen LogP contribution < -0.4 is 5.32 Å². The number of hydrogen-bond acceptors (Lipinski definition) is 3. The first-order valence-corrected chi connectivity index (χ1v) is 6.48. The Morgan fingerprint density at radius 1 is 1.33 bits per heavy atom. The maximum atomic E-state index is 3.18. The third kappa shape index (κ3) is 4.78. The lowest BCUT2D eigenvalue weighted by molar-refractivity contribution is 0.324. The molecule has 0 bridgehead atoms. The SMILES string of the molecule is CCc1ccc(CN(C)CCCNC)s1. The van der Waals surface area contributed by atoms with Crippen molar-refractivity contribution in [1.82, 2.24) is 10.2 Å². The Hall–Kier alpha value is -0.380. The molecule has 15 heavy (non-hydrogen) atoms. The smallest absolute Gasteiger partial charge is 0.0324 e. The number of thiophene rings is 1. The summed E-state index contributed by atoms with van der Waals surface area (Å²) in [5, 5.41) is 3.18. The molecule has 0 radical (unpaired) electrons. The average molecular weight is 226 g/mol. The van der Waals surface area contributed by atoms with Gasteiger partial charge in [0.25, 0.3) is 0 Å². The van der Waals surface area contributed by atoms with Gasteiger partial charge in [-0.1, -0.05) is 6.92 Å². The van der Waals surface area contributed by atoms with Crippen LogP contribution in [0, 0.1) is 0 Å². The van der Waals surface area contributed by atoms with Crippen molar-refractivity contribution in [2.75, 3.05) is 27.2 Å². The molecule has 86 valence electrons. The molecular weight excluding hydrogens is 204 g/mol. The van der Waals surface area contributed by atoms with Gasteiger partial charge in [0, 0.05) is 16.3 Å². The second kappa shape index (κ2) is 6.99. The molecule has 3 heteroatoms. The zero-order valence-electron chi connectivity index (χ0n) is 10.0. The fraction of sp³-hybridized carbons (Fsp3) is 0.667. The van der Waals surface area contributed by atoms with Gasteiger partial charge in [-0.15, -0.1) is 11.3 Å². The highest BCUT2D eigenvalue weighted by Crippen LogP contribution is 2.18. The molecule has 0 saturated carbocycles. The number of aryl methyl sites for hydroxylation is 1. The summed E-state index contributed by atoms with van der Waals surface area (Å²) in [6, 6.07) is 4.51. The van der Waals surface area contributed by atoms with Crippen molar-refractivity contribution in [3.8, 4) is 0 Å². The summed E-state index contributed by atoms with van der Waals surface area (Å²) in [6.07, 6.45) is 2.38. The van der Waals surface area contributed by atoms with Crippen LogP contribution in [0.1, 0.15) is 23.1 Å². The maximum absolute atomic E-state index is 3.18. The van der Waals surface area contributed by atoms with Crippen LogP contribution >= 0.6 is 11.3 Å². The normalized spacial score (nSPS) is 11.2. The summed E-state index contributed by atoms with van der Waals surface area (Å²) in [5.41, 5.74) is 0. The first-order valence-electron chi connectivity index (χ1n) is 5.67. The highest BCUT2D eigenvalue weighted by Gasteiger charge is 2.02. The fourth-order valence-corrected chi connectivity index (χ4v) is 2.61. The van der Waals surface area contributed by atoms with E-state index in [1.165, 1.54) is 22.7 Å². The number of nitrogens with one attached hydrogen (secondary N) is 1. The van der Waals surface area contributed by atoms with E-state index in [1.54, 1.807) is 0 Å². The molecule has 0 aliphatic heterocycles. The standard InChI is InChI=1S/C12H22N2S/c1-4-11-6-7-12(15-11)10-14(3)9-5-8-13-2/h6-7,13H,4-5,8-10H2,1-3H3. The van der Waals surface area contributed by atoms with Crippen molar-refractivity contribution in [2.45, 2.75) is 26.3 Å². The fourth-order valence-electron chi connectivity index (χ4n) is 1.57. The molecule has 0 atom stereocenters. The van der Waals surface area contributed by atoms with Crippen molar-refractivity contribution in [2.24, 2.45) is 0 Å². The van der Waals surface area contributed by atoms with Crippen LogP contribution in [0.25, 0.3) is 0 Å². The molecule has 0 fully saturated rings. The first-order chi connectivity index (χ1) is 7.26. The number of nitrogens with zero attached hydrogens (tertiary/aromatic N) is 1.